The summed E-state index contributed by atoms with van der Waals surface area (Å²) in [4.78, 5) is 0. The van der Waals surface area contributed by atoms with Crippen LogP contribution in [0, 0.1) is 5.82 Å². The van der Waals surface area contributed by atoms with Crippen LogP contribution < -0.4 is 0 Å². The zero-order chi connectivity index (χ0) is 13.1. The number of rotatable bonds is 4. The summed E-state index contributed by atoms with van der Waals surface area (Å²) in [5.74, 6) is 0.818. The van der Waals surface area contributed by atoms with E-state index in [1.165, 1.54) is 12.1 Å². The molecule has 0 bridgehead atoms. The molecule has 2 rings (SSSR count). The van der Waals surface area contributed by atoms with Gasteiger partial charge >= 0.3 is 0 Å². The molecule has 96 valence electrons. The number of aliphatic hydroxyl groups excluding tert-OH is 1. The summed E-state index contributed by atoms with van der Waals surface area (Å²) in [7, 11) is 0. The fourth-order valence-corrected chi connectivity index (χ4v) is 2.03. The van der Waals surface area contributed by atoms with E-state index >= 15 is 0 Å². The van der Waals surface area contributed by atoms with Crippen LogP contribution in [-0.2, 0) is 12.8 Å². The molecule has 18 heavy (non-hydrogen) atoms. The summed E-state index contributed by atoms with van der Waals surface area (Å²) in [6.45, 7) is 1.96. The number of benzene rings is 1. The van der Waals surface area contributed by atoms with Crippen molar-refractivity contribution in [2.75, 3.05) is 0 Å². The summed E-state index contributed by atoms with van der Waals surface area (Å²) in [5.41, 5.74) is 0.307. The number of aliphatic hydroxyl groups is 1. The zero-order valence-electron chi connectivity index (χ0n) is 9.99. The maximum absolute atomic E-state index is 13.6. The fourth-order valence-electron chi connectivity index (χ4n) is 1.78. The minimum absolute atomic E-state index is 0.0994. The Hall–Kier alpha value is -1.32. The van der Waals surface area contributed by atoms with E-state index < -0.39 is 11.9 Å². The SMILES string of the molecule is CCc1ccc(C(O)Cc2c(F)cccc2Cl)o1. The highest BCUT2D eigenvalue weighted by Gasteiger charge is 2.17. The molecule has 0 saturated heterocycles. The number of hydrogen-bond donors (Lipinski definition) is 1. The highest BCUT2D eigenvalue weighted by molar-refractivity contribution is 6.31. The fraction of sp³-hybridized carbons (Fsp3) is 0.286. The molecule has 0 aliphatic heterocycles. The Balaban J connectivity index is 2.18. The molecule has 0 radical (unpaired) electrons. The predicted octanol–water partition coefficient (Wildman–Crippen LogP) is 3.91. The van der Waals surface area contributed by atoms with Crippen LogP contribution in [0.1, 0.15) is 30.1 Å². The van der Waals surface area contributed by atoms with Gasteiger partial charge < -0.3 is 9.52 Å². The first-order chi connectivity index (χ1) is 8.61. The Kier molecular flexibility index (Phi) is 4.04. The summed E-state index contributed by atoms with van der Waals surface area (Å²) >= 11 is 5.91. The van der Waals surface area contributed by atoms with Crippen molar-refractivity contribution in [3.05, 3.63) is 58.3 Å². The highest BCUT2D eigenvalue weighted by Crippen LogP contribution is 2.26. The summed E-state index contributed by atoms with van der Waals surface area (Å²) < 4.78 is 19.0. The molecule has 0 aliphatic carbocycles. The first-order valence-electron chi connectivity index (χ1n) is 5.81. The molecule has 1 aromatic carbocycles. The zero-order valence-corrected chi connectivity index (χ0v) is 10.7. The second kappa shape index (κ2) is 5.55. The van der Waals surface area contributed by atoms with E-state index in [9.17, 15) is 9.50 Å². The molecular formula is C14H14ClFO2. The number of halogens is 2. The monoisotopic (exact) mass is 268 g/mol. The van der Waals surface area contributed by atoms with Gasteiger partial charge in [0.25, 0.3) is 0 Å². The molecule has 1 aromatic heterocycles. The lowest BCUT2D eigenvalue weighted by molar-refractivity contribution is 0.147. The lowest BCUT2D eigenvalue weighted by Gasteiger charge is -2.10. The third-order valence-electron chi connectivity index (χ3n) is 2.82. The molecule has 1 unspecified atom stereocenters. The van der Waals surface area contributed by atoms with Crippen molar-refractivity contribution in [1.82, 2.24) is 0 Å². The van der Waals surface area contributed by atoms with Crippen molar-refractivity contribution in [3.8, 4) is 0 Å². The molecule has 1 N–H and O–H groups in total. The lowest BCUT2D eigenvalue weighted by atomic mass is 10.1. The topological polar surface area (TPSA) is 33.4 Å². The second-order valence-electron chi connectivity index (χ2n) is 4.08. The Morgan fingerprint density at radius 1 is 1.33 bits per heavy atom. The molecule has 2 aromatic rings. The number of hydrogen-bond acceptors (Lipinski definition) is 2. The highest BCUT2D eigenvalue weighted by atomic mass is 35.5. The van der Waals surface area contributed by atoms with E-state index in [0.29, 0.717) is 16.3 Å². The van der Waals surface area contributed by atoms with Crippen LogP contribution in [0.3, 0.4) is 0 Å². The molecule has 0 fully saturated rings. The Morgan fingerprint density at radius 3 is 2.72 bits per heavy atom. The second-order valence-corrected chi connectivity index (χ2v) is 4.48. The molecule has 1 atom stereocenters. The molecule has 0 amide bonds. The van der Waals surface area contributed by atoms with Gasteiger partial charge in [-0.15, -0.1) is 0 Å². The van der Waals surface area contributed by atoms with Gasteiger partial charge in [-0.3, -0.25) is 0 Å². The largest absolute Gasteiger partial charge is 0.463 e. The quantitative estimate of drug-likeness (QED) is 0.912. The third-order valence-corrected chi connectivity index (χ3v) is 3.17. The van der Waals surface area contributed by atoms with Gasteiger partial charge in [-0.05, 0) is 24.3 Å². The van der Waals surface area contributed by atoms with Gasteiger partial charge in [0.1, 0.15) is 23.4 Å². The average Bonchev–Trinajstić information content (AvgIpc) is 2.82. The minimum Gasteiger partial charge on any atom is -0.463 e. The van der Waals surface area contributed by atoms with Crippen molar-refractivity contribution >= 4 is 11.6 Å². The Bertz CT molecular complexity index is 516. The average molecular weight is 269 g/mol. The van der Waals surface area contributed by atoms with Gasteiger partial charge in [-0.25, -0.2) is 4.39 Å². The smallest absolute Gasteiger partial charge is 0.133 e. The maximum Gasteiger partial charge on any atom is 0.133 e. The summed E-state index contributed by atoms with van der Waals surface area (Å²) in [6.07, 6.45) is -0.0327. The van der Waals surface area contributed by atoms with Crippen molar-refractivity contribution in [1.29, 1.82) is 0 Å². The van der Waals surface area contributed by atoms with E-state index in [2.05, 4.69) is 0 Å². The molecule has 1 heterocycles. The summed E-state index contributed by atoms with van der Waals surface area (Å²) in [5, 5.41) is 10.3. The van der Waals surface area contributed by atoms with Crippen LogP contribution in [0.2, 0.25) is 5.02 Å². The first kappa shape index (κ1) is 13.1. The molecule has 2 nitrogen and oxygen atoms in total. The molecule has 0 aliphatic rings. The van der Waals surface area contributed by atoms with Gasteiger partial charge in [0.15, 0.2) is 0 Å². The molecular weight excluding hydrogens is 255 g/mol. The van der Waals surface area contributed by atoms with E-state index in [1.807, 2.05) is 13.0 Å². The van der Waals surface area contributed by atoms with E-state index in [4.69, 9.17) is 16.0 Å². The standard InChI is InChI=1S/C14H14ClFO2/c1-2-9-6-7-14(18-9)13(17)8-10-11(15)4-3-5-12(10)16/h3-7,13,17H,2,8H2,1H3. The molecule has 0 saturated carbocycles. The van der Waals surface area contributed by atoms with Crippen LogP contribution in [-0.4, -0.2) is 5.11 Å². The van der Waals surface area contributed by atoms with E-state index in [0.717, 1.165) is 12.2 Å². The van der Waals surface area contributed by atoms with Crippen LogP contribution in [0.25, 0.3) is 0 Å². The van der Waals surface area contributed by atoms with Gasteiger partial charge in [0, 0.05) is 23.4 Å². The summed E-state index contributed by atoms with van der Waals surface area (Å²) in [6, 6.07) is 7.98. The number of furan rings is 1. The van der Waals surface area contributed by atoms with Crippen LogP contribution in [0.4, 0.5) is 4.39 Å². The van der Waals surface area contributed by atoms with Gasteiger partial charge in [0.2, 0.25) is 0 Å². The Labute approximate surface area is 110 Å². The van der Waals surface area contributed by atoms with Gasteiger partial charge in [0.05, 0.1) is 0 Å². The van der Waals surface area contributed by atoms with E-state index in [1.54, 1.807) is 12.1 Å². The van der Waals surface area contributed by atoms with Crippen molar-refractivity contribution in [2.24, 2.45) is 0 Å². The lowest BCUT2D eigenvalue weighted by Crippen LogP contribution is -2.03. The van der Waals surface area contributed by atoms with Crippen molar-refractivity contribution < 1.29 is 13.9 Å². The maximum atomic E-state index is 13.6. The van der Waals surface area contributed by atoms with Crippen molar-refractivity contribution in [3.63, 3.8) is 0 Å². The van der Waals surface area contributed by atoms with Crippen molar-refractivity contribution in [2.45, 2.75) is 25.9 Å². The van der Waals surface area contributed by atoms with Crippen LogP contribution >= 0.6 is 11.6 Å². The third kappa shape index (κ3) is 2.74. The molecule has 0 spiro atoms. The Morgan fingerprint density at radius 2 is 2.11 bits per heavy atom. The van der Waals surface area contributed by atoms with E-state index in [-0.39, 0.29) is 6.42 Å². The van der Waals surface area contributed by atoms with Gasteiger partial charge in [-0.1, -0.05) is 24.6 Å². The number of aryl methyl sites for hydroxylation is 1. The minimum atomic E-state index is -0.889. The van der Waals surface area contributed by atoms with Gasteiger partial charge in [-0.2, -0.15) is 0 Å². The predicted molar refractivity (Wildman–Crippen MR) is 68.2 cm³/mol. The first-order valence-corrected chi connectivity index (χ1v) is 6.19. The molecule has 4 heteroatoms. The van der Waals surface area contributed by atoms with Crippen LogP contribution in [0.5, 0.6) is 0 Å². The normalized spacial score (nSPS) is 12.7. The van der Waals surface area contributed by atoms with Crippen LogP contribution in [0.15, 0.2) is 34.7 Å².